The number of fused-ring (bicyclic) bond motifs is 1. The highest BCUT2D eigenvalue weighted by Gasteiger charge is 2.35. The molecule has 1 aliphatic carbocycles. The number of rotatable bonds is 3. The smallest absolute Gasteiger partial charge is 0.248 e. The Morgan fingerprint density at radius 2 is 2.00 bits per heavy atom. The van der Waals surface area contributed by atoms with E-state index >= 15 is 0 Å². The van der Waals surface area contributed by atoms with Gasteiger partial charge in [0.1, 0.15) is 17.1 Å². The second kappa shape index (κ2) is 5.83. The minimum atomic E-state index is -2.55. The maximum Gasteiger partial charge on any atom is 0.248 e. The van der Waals surface area contributed by atoms with Gasteiger partial charge in [0, 0.05) is 24.3 Å². The van der Waals surface area contributed by atoms with Crippen molar-refractivity contribution in [1.29, 1.82) is 0 Å². The summed E-state index contributed by atoms with van der Waals surface area (Å²) in [6.45, 7) is 0. The topological polar surface area (TPSA) is 47.0 Å². The third-order valence-corrected chi connectivity index (χ3v) is 4.11. The van der Waals surface area contributed by atoms with Crippen LogP contribution in [0.15, 0.2) is 18.2 Å². The highest BCUT2D eigenvalue weighted by molar-refractivity contribution is 6.29. The lowest BCUT2D eigenvalue weighted by molar-refractivity contribution is -0.0361. The molecular weight excluding hydrogens is 312 g/mol. The maximum absolute atomic E-state index is 13.2. The Bertz CT molecular complexity index is 686. The fourth-order valence-electron chi connectivity index (χ4n) is 2.75. The predicted molar refractivity (Wildman–Crippen MR) is 81.9 cm³/mol. The number of anilines is 1. The molecule has 0 radical (unpaired) electrons. The molecule has 0 saturated heterocycles. The fraction of sp³-hybridized carbons (Fsp3) is 0.467. The molecule has 0 atom stereocenters. The number of hydrogen-bond acceptors (Lipinski definition) is 4. The normalized spacial score (nSPS) is 18.4. The molecule has 1 saturated carbocycles. The van der Waals surface area contributed by atoms with Crippen LogP contribution in [0.4, 0.5) is 14.6 Å². The first-order valence-electron chi connectivity index (χ1n) is 7.13. The third-order valence-electron chi connectivity index (χ3n) is 3.94. The van der Waals surface area contributed by atoms with Crippen LogP contribution in [0.2, 0.25) is 5.28 Å². The van der Waals surface area contributed by atoms with Crippen molar-refractivity contribution in [3.05, 3.63) is 23.5 Å². The van der Waals surface area contributed by atoms with Gasteiger partial charge in [-0.2, -0.15) is 0 Å². The van der Waals surface area contributed by atoms with Crippen LogP contribution in [0.5, 0.6) is 5.75 Å². The van der Waals surface area contributed by atoms with Gasteiger partial charge in [-0.15, -0.1) is 0 Å². The molecule has 2 aromatic rings. The van der Waals surface area contributed by atoms with E-state index in [1.165, 1.54) is 0 Å². The molecule has 118 valence electrons. The monoisotopic (exact) mass is 327 g/mol. The number of nitrogens with zero attached hydrogens (tertiary/aromatic N) is 2. The Kier molecular flexibility index (Phi) is 4.04. The van der Waals surface area contributed by atoms with Crippen molar-refractivity contribution in [2.75, 3.05) is 12.4 Å². The van der Waals surface area contributed by atoms with E-state index in [1.807, 2.05) is 12.1 Å². The summed E-state index contributed by atoms with van der Waals surface area (Å²) >= 11 is 5.98. The minimum absolute atomic E-state index is 0.0417. The van der Waals surface area contributed by atoms with E-state index in [1.54, 1.807) is 13.2 Å². The predicted octanol–water partition coefficient (Wildman–Crippen LogP) is 4.28. The van der Waals surface area contributed by atoms with E-state index in [-0.39, 0.29) is 24.2 Å². The molecule has 1 N–H and O–H groups in total. The lowest BCUT2D eigenvalue weighted by Crippen LogP contribution is -2.32. The van der Waals surface area contributed by atoms with E-state index in [2.05, 4.69) is 15.3 Å². The summed E-state index contributed by atoms with van der Waals surface area (Å²) < 4.78 is 31.8. The molecule has 1 aromatic carbocycles. The van der Waals surface area contributed by atoms with Gasteiger partial charge in [0.2, 0.25) is 11.2 Å². The van der Waals surface area contributed by atoms with Crippen LogP contribution in [0.1, 0.15) is 25.7 Å². The number of methoxy groups -OCH3 is 1. The summed E-state index contributed by atoms with van der Waals surface area (Å²) in [4.78, 5) is 8.40. The molecule has 3 rings (SSSR count). The number of para-hydroxylation sites is 1. The Morgan fingerprint density at radius 3 is 2.68 bits per heavy atom. The van der Waals surface area contributed by atoms with Crippen molar-refractivity contribution in [1.82, 2.24) is 9.97 Å². The van der Waals surface area contributed by atoms with Gasteiger partial charge in [-0.3, -0.25) is 0 Å². The zero-order chi connectivity index (χ0) is 15.7. The van der Waals surface area contributed by atoms with Crippen molar-refractivity contribution in [2.45, 2.75) is 37.6 Å². The van der Waals surface area contributed by atoms with Crippen LogP contribution in [0, 0.1) is 0 Å². The van der Waals surface area contributed by atoms with Crippen molar-refractivity contribution >= 4 is 28.3 Å². The molecule has 7 heteroatoms. The van der Waals surface area contributed by atoms with E-state index in [9.17, 15) is 8.78 Å². The number of aromatic nitrogens is 2. The lowest BCUT2D eigenvalue weighted by atomic mass is 9.92. The van der Waals surface area contributed by atoms with Crippen molar-refractivity contribution < 1.29 is 13.5 Å². The molecule has 0 bridgehead atoms. The second-order valence-corrected chi connectivity index (χ2v) is 5.81. The minimum Gasteiger partial charge on any atom is -0.494 e. The molecule has 22 heavy (non-hydrogen) atoms. The van der Waals surface area contributed by atoms with Crippen LogP contribution in [0.3, 0.4) is 0 Å². The van der Waals surface area contributed by atoms with Gasteiger partial charge in [-0.1, -0.05) is 6.07 Å². The second-order valence-electron chi connectivity index (χ2n) is 5.47. The summed E-state index contributed by atoms with van der Waals surface area (Å²) in [5, 5.41) is 4.09. The molecule has 1 aromatic heterocycles. The van der Waals surface area contributed by atoms with Crippen LogP contribution >= 0.6 is 11.6 Å². The standard InChI is InChI=1S/C15H16ClF2N3O/c1-22-11-4-2-3-10-12(11)20-14(16)21-13(10)19-9-5-7-15(17,18)8-6-9/h2-4,9H,5-8H2,1H3,(H,19,20,21). The largest absolute Gasteiger partial charge is 0.494 e. The summed E-state index contributed by atoms with van der Waals surface area (Å²) in [6, 6.07) is 5.43. The highest BCUT2D eigenvalue weighted by Crippen LogP contribution is 2.35. The summed E-state index contributed by atoms with van der Waals surface area (Å²) in [5.74, 6) is -1.39. The molecule has 0 spiro atoms. The number of benzene rings is 1. The number of hydrogen-bond donors (Lipinski definition) is 1. The molecule has 1 aliphatic rings. The van der Waals surface area contributed by atoms with Gasteiger partial charge in [0.05, 0.1) is 7.11 Å². The molecule has 0 unspecified atom stereocenters. The quantitative estimate of drug-likeness (QED) is 0.855. The average molecular weight is 328 g/mol. The zero-order valence-electron chi connectivity index (χ0n) is 12.1. The SMILES string of the molecule is COc1cccc2c(NC3CCC(F)(F)CC3)nc(Cl)nc12. The molecule has 4 nitrogen and oxygen atoms in total. The Hall–Kier alpha value is -1.69. The van der Waals surface area contributed by atoms with Gasteiger partial charge < -0.3 is 10.1 Å². The van der Waals surface area contributed by atoms with Crippen molar-refractivity contribution in [3.8, 4) is 5.75 Å². The lowest BCUT2D eigenvalue weighted by Gasteiger charge is -2.29. The van der Waals surface area contributed by atoms with E-state index in [0.29, 0.717) is 29.9 Å². The Balaban J connectivity index is 1.91. The van der Waals surface area contributed by atoms with E-state index < -0.39 is 5.92 Å². The van der Waals surface area contributed by atoms with Gasteiger partial charge in [0.25, 0.3) is 0 Å². The fourth-order valence-corrected chi connectivity index (χ4v) is 2.92. The third kappa shape index (κ3) is 3.06. The Labute approximate surface area is 131 Å². The molecule has 1 fully saturated rings. The van der Waals surface area contributed by atoms with E-state index in [4.69, 9.17) is 16.3 Å². The summed E-state index contributed by atoms with van der Waals surface area (Å²) in [7, 11) is 1.56. The van der Waals surface area contributed by atoms with Gasteiger partial charge in [-0.05, 0) is 36.6 Å². The van der Waals surface area contributed by atoms with Gasteiger partial charge in [0.15, 0.2) is 0 Å². The summed E-state index contributed by atoms with van der Waals surface area (Å²) in [6.07, 6.45) is 0.593. The van der Waals surface area contributed by atoms with Crippen molar-refractivity contribution in [3.63, 3.8) is 0 Å². The van der Waals surface area contributed by atoms with Crippen LogP contribution in [-0.2, 0) is 0 Å². The maximum atomic E-state index is 13.2. The number of halogens is 3. The number of alkyl halides is 2. The molecule has 0 amide bonds. The zero-order valence-corrected chi connectivity index (χ0v) is 12.8. The van der Waals surface area contributed by atoms with Crippen LogP contribution in [-0.4, -0.2) is 29.0 Å². The first-order chi connectivity index (χ1) is 10.5. The Morgan fingerprint density at radius 1 is 1.27 bits per heavy atom. The van der Waals surface area contributed by atoms with Crippen LogP contribution < -0.4 is 10.1 Å². The molecule has 0 aliphatic heterocycles. The molecule has 1 heterocycles. The van der Waals surface area contributed by atoms with Crippen molar-refractivity contribution in [2.24, 2.45) is 0 Å². The van der Waals surface area contributed by atoms with Gasteiger partial charge >= 0.3 is 0 Å². The first-order valence-corrected chi connectivity index (χ1v) is 7.51. The average Bonchev–Trinajstić information content (AvgIpc) is 2.48. The number of nitrogens with one attached hydrogen (secondary N) is 1. The van der Waals surface area contributed by atoms with Crippen LogP contribution in [0.25, 0.3) is 10.9 Å². The van der Waals surface area contributed by atoms with E-state index in [0.717, 1.165) is 5.39 Å². The number of ether oxygens (including phenoxy) is 1. The van der Waals surface area contributed by atoms with Gasteiger partial charge in [-0.25, -0.2) is 18.7 Å². The highest BCUT2D eigenvalue weighted by atomic mass is 35.5. The molecular formula is C15H16ClF2N3O. The summed E-state index contributed by atoms with van der Waals surface area (Å²) in [5.41, 5.74) is 0.605. The first kappa shape index (κ1) is 15.2.